The van der Waals surface area contributed by atoms with E-state index < -0.39 is 5.97 Å². The van der Waals surface area contributed by atoms with Gasteiger partial charge in [0.15, 0.2) is 5.11 Å². The van der Waals surface area contributed by atoms with Crippen LogP contribution in [0.1, 0.15) is 16.1 Å². The maximum Gasteiger partial charge on any atom is 0.339 e. The third kappa shape index (κ3) is 5.74. The van der Waals surface area contributed by atoms with Crippen LogP contribution in [0.2, 0.25) is 5.02 Å². The summed E-state index contributed by atoms with van der Waals surface area (Å²) in [4.78, 5) is 11.6. The summed E-state index contributed by atoms with van der Waals surface area (Å²) in [6.45, 7) is 0.717. The average molecular weight is 385 g/mol. The normalized spacial score (nSPS) is 10.2. The number of ether oxygens (including phenoxy) is 1. The van der Waals surface area contributed by atoms with Crippen molar-refractivity contribution >= 4 is 52.3 Å². The van der Waals surface area contributed by atoms with Crippen LogP contribution in [0.3, 0.4) is 0 Å². The molecule has 0 atom stereocenters. The largest absolute Gasteiger partial charge is 0.468 e. The maximum atomic E-state index is 11.6. The van der Waals surface area contributed by atoms with Gasteiger partial charge in [-0.05, 0) is 42.5 Å². The Kier molecular flexibility index (Phi) is 7.42. The zero-order valence-corrected chi connectivity index (χ0v) is 15.4. The third-order valence-electron chi connectivity index (χ3n) is 2.99. The number of rotatable bonds is 7. The zero-order valence-electron chi connectivity index (χ0n) is 13.0. The average Bonchev–Trinajstić information content (AvgIpc) is 3.09. The Morgan fingerprint density at radius 2 is 2.25 bits per heavy atom. The second kappa shape index (κ2) is 9.56. The molecule has 2 N–H and O–H groups in total. The molecule has 1 aromatic carbocycles. The van der Waals surface area contributed by atoms with Crippen LogP contribution in [0.4, 0.5) is 5.69 Å². The number of nitrogens with one attached hydrogen (secondary N) is 2. The van der Waals surface area contributed by atoms with E-state index in [0.717, 1.165) is 17.3 Å². The molecule has 0 spiro atoms. The lowest BCUT2D eigenvalue weighted by molar-refractivity contribution is 0.0601. The van der Waals surface area contributed by atoms with Crippen molar-refractivity contribution in [1.82, 2.24) is 5.32 Å². The number of carbonyl (C=O) groups is 1. The molecular weight excluding hydrogens is 368 g/mol. The van der Waals surface area contributed by atoms with Crippen molar-refractivity contribution in [3.8, 4) is 0 Å². The summed E-state index contributed by atoms with van der Waals surface area (Å²) in [6.07, 6.45) is 1.67. The number of thiocarbonyl (C=S) groups is 1. The molecule has 5 nitrogen and oxygen atoms in total. The van der Waals surface area contributed by atoms with Gasteiger partial charge in [-0.2, -0.15) is 11.8 Å². The van der Waals surface area contributed by atoms with E-state index in [1.807, 2.05) is 12.1 Å². The molecule has 0 aliphatic heterocycles. The van der Waals surface area contributed by atoms with Crippen LogP contribution in [0, 0.1) is 0 Å². The molecule has 0 radical (unpaired) electrons. The van der Waals surface area contributed by atoms with Crippen molar-refractivity contribution in [3.05, 3.63) is 52.9 Å². The highest BCUT2D eigenvalue weighted by atomic mass is 35.5. The fourth-order valence-electron chi connectivity index (χ4n) is 1.85. The Morgan fingerprint density at radius 3 is 2.96 bits per heavy atom. The van der Waals surface area contributed by atoms with Gasteiger partial charge in [0, 0.05) is 18.0 Å². The summed E-state index contributed by atoms with van der Waals surface area (Å²) in [5, 5.41) is 6.94. The van der Waals surface area contributed by atoms with Gasteiger partial charge in [-0.25, -0.2) is 4.79 Å². The number of methoxy groups -OCH3 is 1. The number of esters is 1. The first-order valence-corrected chi connectivity index (χ1v) is 9.07. The molecule has 0 saturated heterocycles. The summed E-state index contributed by atoms with van der Waals surface area (Å²) >= 11 is 13.0. The standard InChI is InChI=1S/C16H17ClN2O3S2/c1-21-15(20)13-9-11(4-5-14(13)17)19-16(23)18-6-8-24-10-12-3-2-7-22-12/h2-5,7,9H,6,8,10H2,1H3,(H2,18,19,23). The molecule has 0 aliphatic carbocycles. The summed E-state index contributed by atoms with van der Waals surface area (Å²) in [6, 6.07) is 8.80. The van der Waals surface area contributed by atoms with Crippen molar-refractivity contribution in [1.29, 1.82) is 0 Å². The predicted octanol–water partition coefficient (Wildman–Crippen LogP) is 3.94. The number of thioether (sulfide) groups is 1. The van der Waals surface area contributed by atoms with E-state index in [1.165, 1.54) is 7.11 Å². The fourth-order valence-corrected chi connectivity index (χ4v) is 3.02. The van der Waals surface area contributed by atoms with Crippen LogP contribution in [0.25, 0.3) is 0 Å². The Labute approximate surface area is 155 Å². The lowest BCUT2D eigenvalue weighted by Gasteiger charge is -2.11. The highest BCUT2D eigenvalue weighted by molar-refractivity contribution is 7.98. The molecule has 0 unspecified atom stereocenters. The lowest BCUT2D eigenvalue weighted by Crippen LogP contribution is -2.30. The minimum absolute atomic E-state index is 0.293. The number of carbonyl (C=O) groups excluding carboxylic acids is 1. The molecule has 1 aromatic heterocycles. The van der Waals surface area contributed by atoms with Crippen LogP contribution < -0.4 is 10.6 Å². The molecule has 0 bridgehead atoms. The molecule has 1 heterocycles. The highest BCUT2D eigenvalue weighted by Gasteiger charge is 2.11. The Hall–Kier alpha value is -1.70. The first-order chi connectivity index (χ1) is 11.6. The number of halogens is 1. The summed E-state index contributed by atoms with van der Waals surface area (Å²) in [5.41, 5.74) is 0.960. The number of anilines is 1. The number of furan rings is 1. The molecule has 0 aliphatic rings. The molecule has 128 valence electrons. The molecular formula is C16H17ClN2O3S2. The maximum absolute atomic E-state index is 11.6. The van der Waals surface area contributed by atoms with Gasteiger partial charge >= 0.3 is 5.97 Å². The van der Waals surface area contributed by atoms with Gasteiger partial charge in [-0.1, -0.05) is 11.6 Å². The van der Waals surface area contributed by atoms with Crippen LogP contribution in [0.15, 0.2) is 41.0 Å². The van der Waals surface area contributed by atoms with Gasteiger partial charge in [0.05, 0.1) is 29.7 Å². The van der Waals surface area contributed by atoms with Gasteiger partial charge in [-0.15, -0.1) is 0 Å². The van der Waals surface area contributed by atoms with E-state index in [4.69, 9.17) is 28.2 Å². The highest BCUT2D eigenvalue weighted by Crippen LogP contribution is 2.21. The molecule has 8 heteroatoms. The van der Waals surface area contributed by atoms with Gasteiger partial charge in [0.1, 0.15) is 5.76 Å². The van der Waals surface area contributed by atoms with Crippen molar-refractivity contribution < 1.29 is 13.9 Å². The van der Waals surface area contributed by atoms with Crippen molar-refractivity contribution in [2.45, 2.75) is 5.75 Å². The Balaban J connectivity index is 1.74. The van der Waals surface area contributed by atoms with E-state index in [0.29, 0.717) is 27.9 Å². The monoisotopic (exact) mass is 384 g/mol. The van der Waals surface area contributed by atoms with Crippen LogP contribution in [0.5, 0.6) is 0 Å². The molecule has 2 rings (SSSR count). The number of benzene rings is 1. The summed E-state index contributed by atoms with van der Waals surface area (Å²) in [7, 11) is 1.31. The Morgan fingerprint density at radius 1 is 1.42 bits per heavy atom. The van der Waals surface area contributed by atoms with Gasteiger partial charge in [0.25, 0.3) is 0 Å². The van der Waals surface area contributed by atoms with E-state index in [2.05, 4.69) is 15.4 Å². The van der Waals surface area contributed by atoms with E-state index >= 15 is 0 Å². The minimum atomic E-state index is -0.489. The van der Waals surface area contributed by atoms with Crippen molar-refractivity contribution in [2.24, 2.45) is 0 Å². The molecule has 24 heavy (non-hydrogen) atoms. The van der Waals surface area contributed by atoms with E-state index in [-0.39, 0.29) is 0 Å². The fraction of sp³-hybridized carbons (Fsp3) is 0.250. The van der Waals surface area contributed by atoms with Crippen molar-refractivity contribution in [2.75, 3.05) is 24.7 Å². The third-order valence-corrected chi connectivity index (χ3v) is 4.54. The predicted molar refractivity (Wildman–Crippen MR) is 102 cm³/mol. The first-order valence-electron chi connectivity index (χ1n) is 7.13. The molecule has 0 amide bonds. The van der Waals surface area contributed by atoms with Crippen LogP contribution >= 0.6 is 35.6 Å². The molecule has 0 saturated carbocycles. The summed E-state index contributed by atoms with van der Waals surface area (Å²) < 4.78 is 9.95. The van der Waals surface area contributed by atoms with Crippen molar-refractivity contribution in [3.63, 3.8) is 0 Å². The number of hydrogen-bond donors (Lipinski definition) is 2. The zero-order chi connectivity index (χ0) is 17.4. The van der Waals surface area contributed by atoms with Gasteiger partial charge < -0.3 is 19.8 Å². The topological polar surface area (TPSA) is 63.5 Å². The lowest BCUT2D eigenvalue weighted by atomic mass is 10.2. The second-order valence-corrected chi connectivity index (χ2v) is 6.62. The first kappa shape index (κ1) is 18.6. The molecule has 0 fully saturated rings. The minimum Gasteiger partial charge on any atom is -0.468 e. The van der Waals surface area contributed by atoms with Gasteiger partial charge in [-0.3, -0.25) is 0 Å². The van der Waals surface area contributed by atoms with E-state index in [9.17, 15) is 4.79 Å². The summed E-state index contributed by atoms with van der Waals surface area (Å²) in [5.74, 6) is 2.18. The Bertz CT molecular complexity index is 693. The van der Waals surface area contributed by atoms with Crippen LogP contribution in [-0.4, -0.2) is 30.5 Å². The number of hydrogen-bond acceptors (Lipinski definition) is 5. The van der Waals surface area contributed by atoms with Crippen LogP contribution in [-0.2, 0) is 10.5 Å². The van der Waals surface area contributed by atoms with Gasteiger partial charge in [0.2, 0.25) is 0 Å². The van der Waals surface area contributed by atoms with E-state index in [1.54, 1.807) is 36.2 Å². The smallest absolute Gasteiger partial charge is 0.339 e. The SMILES string of the molecule is COC(=O)c1cc(NC(=S)NCCSCc2ccco2)ccc1Cl. The quantitative estimate of drug-likeness (QED) is 0.426. The second-order valence-electron chi connectivity index (χ2n) is 4.70. The molecule has 2 aromatic rings.